The first kappa shape index (κ1) is 26.7. The molecule has 2 aromatic rings. The summed E-state index contributed by atoms with van der Waals surface area (Å²) in [6.07, 6.45) is -0.0522. The molecular weight excluding hydrogens is 514 g/mol. The number of benzene rings is 2. The van der Waals surface area contributed by atoms with Gasteiger partial charge in [0, 0.05) is 29.5 Å². The molecule has 0 fully saturated rings. The molecule has 36 heavy (non-hydrogen) atoms. The summed E-state index contributed by atoms with van der Waals surface area (Å²) in [5, 5.41) is 0. The molecule has 190 valence electrons. The summed E-state index contributed by atoms with van der Waals surface area (Å²) in [6.45, 7) is 0. The van der Waals surface area contributed by atoms with Crippen molar-refractivity contribution >= 4 is 49.1 Å². The second-order valence-corrected chi connectivity index (χ2v) is 11.9. The number of amides is 1. The molecule has 0 saturated heterocycles. The minimum absolute atomic E-state index is 0.00704. The Morgan fingerprint density at radius 3 is 1.69 bits per heavy atom. The summed E-state index contributed by atoms with van der Waals surface area (Å²) in [4.78, 5) is 49.2. The molecule has 4 N–H and O–H groups in total. The monoisotopic (exact) mass is 535 g/mol. The van der Waals surface area contributed by atoms with E-state index in [9.17, 15) is 36.0 Å². The van der Waals surface area contributed by atoms with Gasteiger partial charge in [-0.2, -0.15) is 4.99 Å². The maximum absolute atomic E-state index is 11.9. The van der Waals surface area contributed by atoms with Crippen molar-refractivity contribution < 1.29 is 40.8 Å². The zero-order valence-corrected chi connectivity index (χ0v) is 20.5. The van der Waals surface area contributed by atoms with Crippen molar-refractivity contribution in [1.82, 2.24) is 0 Å². The molecule has 0 saturated carbocycles. The molecule has 0 aromatic heterocycles. The number of nitrogens with two attached hydrogens (primary N) is 2. The van der Waals surface area contributed by atoms with Gasteiger partial charge in [0.1, 0.15) is 0 Å². The van der Waals surface area contributed by atoms with Gasteiger partial charge in [0.2, 0.25) is 0 Å². The lowest BCUT2D eigenvalue weighted by Gasteiger charge is -2.15. The molecule has 1 amide bonds. The van der Waals surface area contributed by atoms with Gasteiger partial charge in [-0.05, 0) is 36.4 Å². The second-order valence-electron chi connectivity index (χ2n) is 7.74. The number of hydrogen-bond donors (Lipinski definition) is 2. The highest BCUT2D eigenvalue weighted by molar-refractivity contribution is 7.92. The summed E-state index contributed by atoms with van der Waals surface area (Å²) in [5.74, 6) is -2.72. The van der Waals surface area contributed by atoms with Crippen LogP contribution in [0.15, 0.2) is 51.2 Å². The van der Waals surface area contributed by atoms with Crippen molar-refractivity contribution in [2.45, 2.75) is 22.6 Å². The zero-order valence-electron chi connectivity index (χ0n) is 18.9. The van der Waals surface area contributed by atoms with E-state index in [1.54, 1.807) is 0 Å². The number of hydrogen-bond acceptors (Lipinski definition) is 9. The largest absolute Gasteiger partial charge is 0.465 e. The lowest BCUT2D eigenvalue weighted by atomic mass is 10.1. The molecule has 14 heteroatoms. The van der Waals surface area contributed by atoms with Crippen LogP contribution in [0.4, 0.5) is 0 Å². The predicted molar refractivity (Wildman–Crippen MR) is 126 cm³/mol. The normalized spacial score (nSPS) is 16.9. The van der Waals surface area contributed by atoms with E-state index in [2.05, 4.69) is 9.73 Å². The van der Waals surface area contributed by atoms with Gasteiger partial charge in [0.15, 0.2) is 37.2 Å². The van der Waals surface area contributed by atoms with E-state index in [4.69, 9.17) is 11.5 Å². The Morgan fingerprint density at radius 2 is 1.25 bits per heavy atom. The third-order valence-corrected chi connectivity index (χ3v) is 8.83. The third kappa shape index (κ3) is 5.49. The average Bonchev–Trinajstić information content (AvgIpc) is 2.83. The van der Waals surface area contributed by atoms with Crippen molar-refractivity contribution in [3.05, 3.63) is 58.7 Å². The Balaban J connectivity index is 0.000000202. The van der Waals surface area contributed by atoms with Crippen molar-refractivity contribution in [3.8, 4) is 0 Å². The lowest BCUT2D eigenvalue weighted by molar-refractivity contribution is 0.0599. The highest BCUT2D eigenvalue weighted by Crippen LogP contribution is 2.27. The van der Waals surface area contributed by atoms with E-state index < -0.39 is 37.5 Å². The van der Waals surface area contributed by atoms with Crippen LogP contribution in [0.1, 0.15) is 54.3 Å². The molecule has 4 rings (SSSR count). The number of rotatable bonds is 2. The van der Waals surface area contributed by atoms with E-state index in [-0.39, 0.29) is 68.0 Å². The fourth-order valence-electron chi connectivity index (χ4n) is 3.52. The Hall–Kier alpha value is -3.91. The quantitative estimate of drug-likeness (QED) is 0.303. The van der Waals surface area contributed by atoms with Crippen LogP contribution in [0, 0.1) is 0 Å². The number of aliphatic imine (C=N–C) groups is 1. The Kier molecular flexibility index (Phi) is 7.40. The SMILES string of the molecule is COC(=O)c1ccc2c(c1)S(=O)(=O)CCC2=O.NC(N)=NC(=O)c1ccc2c(c1)S(=O)(=O)CCC2=O. The van der Waals surface area contributed by atoms with Crippen LogP contribution in [0.3, 0.4) is 0 Å². The van der Waals surface area contributed by atoms with Gasteiger partial charge in [-0.1, -0.05) is 0 Å². The molecule has 2 aliphatic heterocycles. The fourth-order valence-corrected chi connectivity index (χ4v) is 6.52. The summed E-state index contributed by atoms with van der Waals surface area (Å²) in [6, 6.07) is 7.73. The van der Waals surface area contributed by atoms with Gasteiger partial charge in [-0.3, -0.25) is 14.4 Å². The fraction of sp³-hybridized carbons (Fsp3) is 0.227. The highest BCUT2D eigenvalue weighted by atomic mass is 32.2. The number of ketones is 2. The number of methoxy groups -OCH3 is 1. The number of Topliss-reactive ketones (excluding diaryl/α,β-unsaturated/α-hetero) is 2. The summed E-state index contributed by atoms with van der Waals surface area (Å²) >= 11 is 0. The summed E-state index contributed by atoms with van der Waals surface area (Å²) in [5.41, 5.74) is 10.6. The minimum Gasteiger partial charge on any atom is -0.465 e. The summed E-state index contributed by atoms with van der Waals surface area (Å²) in [7, 11) is -5.80. The van der Waals surface area contributed by atoms with E-state index in [1.165, 1.54) is 37.4 Å². The molecule has 2 aromatic carbocycles. The number of esters is 1. The smallest absolute Gasteiger partial charge is 0.337 e. The number of carbonyl (C=O) groups excluding carboxylic acids is 4. The van der Waals surface area contributed by atoms with E-state index in [0.29, 0.717) is 0 Å². The maximum atomic E-state index is 11.9. The number of sulfone groups is 2. The predicted octanol–water partition coefficient (Wildman–Crippen LogP) is 0.294. The highest BCUT2D eigenvalue weighted by Gasteiger charge is 2.30. The first-order valence-electron chi connectivity index (χ1n) is 10.3. The van der Waals surface area contributed by atoms with Gasteiger partial charge < -0.3 is 16.2 Å². The molecule has 0 radical (unpaired) electrons. The van der Waals surface area contributed by atoms with Crippen LogP contribution in [0.5, 0.6) is 0 Å². The molecular formula is C22H21N3O9S2. The van der Waals surface area contributed by atoms with Crippen molar-refractivity contribution in [2.75, 3.05) is 18.6 Å². The van der Waals surface area contributed by atoms with E-state index in [1.807, 2.05) is 0 Å². The van der Waals surface area contributed by atoms with Crippen molar-refractivity contribution in [2.24, 2.45) is 16.5 Å². The van der Waals surface area contributed by atoms with Gasteiger partial charge >= 0.3 is 5.97 Å². The molecule has 0 bridgehead atoms. The van der Waals surface area contributed by atoms with Crippen LogP contribution < -0.4 is 11.5 Å². The van der Waals surface area contributed by atoms with Gasteiger partial charge in [0.25, 0.3) is 5.91 Å². The molecule has 0 unspecified atom stereocenters. The topological polar surface area (TPSA) is 210 Å². The minimum atomic E-state index is -3.54. The van der Waals surface area contributed by atoms with Crippen LogP contribution in [0.25, 0.3) is 0 Å². The Morgan fingerprint density at radius 1 is 0.806 bits per heavy atom. The molecule has 12 nitrogen and oxygen atoms in total. The molecule has 2 aliphatic rings. The molecule has 0 aliphatic carbocycles. The van der Waals surface area contributed by atoms with Crippen molar-refractivity contribution in [1.29, 1.82) is 0 Å². The van der Waals surface area contributed by atoms with E-state index in [0.717, 1.165) is 6.07 Å². The van der Waals surface area contributed by atoms with Crippen molar-refractivity contribution in [3.63, 3.8) is 0 Å². The Labute approximate surface area is 206 Å². The molecule has 0 spiro atoms. The lowest BCUT2D eigenvalue weighted by Crippen LogP contribution is -2.25. The second kappa shape index (κ2) is 9.99. The van der Waals surface area contributed by atoms with Crippen LogP contribution >= 0.6 is 0 Å². The Bertz CT molecular complexity index is 1540. The third-order valence-electron chi connectivity index (χ3n) is 5.33. The summed E-state index contributed by atoms with van der Waals surface area (Å²) < 4.78 is 51.8. The average molecular weight is 536 g/mol. The number of ether oxygens (including phenoxy) is 1. The van der Waals surface area contributed by atoms with Gasteiger partial charge in [-0.25, -0.2) is 21.6 Å². The number of carbonyl (C=O) groups is 4. The number of nitrogens with zero attached hydrogens (tertiary/aromatic N) is 1. The zero-order chi connectivity index (χ0) is 26.8. The molecule has 2 heterocycles. The standard InChI is InChI=1S/C11H11N3O4S.C11H10O5S/c12-11(13)14-10(16)6-1-2-7-8(15)3-4-19(17,18)9(7)5-6;1-16-11(13)7-2-3-8-9(12)4-5-17(14,15)10(8)6-7/h1-2,5H,3-4H2,(H4,12,13,14,16);2-3,6H,4-5H2,1H3. The van der Waals surface area contributed by atoms with E-state index >= 15 is 0 Å². The van der Waals surface area contributed by atoms with Crippen LogP contribution in [-0.2, 0) is 24.4 Å². The first-order chi connectivity index (χ1) is 16.8. The first-order valence-corrected chi connectivity index (χ1v) is 13.6. The van der Waals surface area contributed by atoms with Gasteiger partial charge in [0.05, 0.1) is 34.0 Å². The number of fused-ring (bicyclic) bond motifs is 2. The van der Waals surface area contributed by atoms with Gasteiger partial charge in [-0.15, -0.1) is 0 Å². The molecule has 0 atom stereocenters. The number of guanidine groups is 1. The van der Waals surface area contributed by atoms with Crippen LogP contribution in [0.2, 0.25) is 0 Å². The van der Waals surface area contributed by atoms with Crippen LogP contribution in [-0.4, -0.2) is 64.9 Å². The maximum Gasteiger partial charge on any atom is 0.337 e.